The molecule has 4 nitrogen and oxygen atoms in total. The summed E-state index contributed by atoms with van der Waals surface area (Å²) in [4.78, 5) is 4.15. The van der Waals surface area contributed by atoms with Crippen LogP contribution >= 0.6 is 11.8 Å². The number of thioether (sulfide) groups is 1. The molecule has 0 aliphatic heterocycles. The fraction of sp³-hybridized carbons (Fsp3) is 0.444. The summed E-state index contributed by atoms with van der Waals surface area (Å²) in [7, 11) is 1.55. The second kappa shape index (κ2) is 5.85. The number of methoxy groups -OCH3 is 1. The van der Waals surface area contributed by atoms with E-state index in [2.05, 4.69) is 4.98 Å². The predicted molar refractivity (Wildman–Crippen MR) is 54.6 cm³/mol. The first-order valence-electron chi connectivity index (χ1n) is 4.19. The molecular weight excluding hydrogens is 202 g/mol. The molecule has 0 aliphatic carbocycles. The summed E-state index contributed by atoms with van der Waals surface area (Å²) in [6, 6.07) is 5.42. The van der Waals surface area contributed by atoms with Gasteiger partial charge in [-0.3, -0.25) is 0 Å². The number of pyridine rings is 1. The van der Waals surface area contributed by atoms with E-state index in [1.807, 2.05) is 12.1 Å². The van der Waals surface area contributed by atoms with Gasteiger partial charge in [0, 0.05) is 11.8 Å². The highest BCUT2D eigenvalue weighted by Gasteiger charge is 2.04. The van der Waals surface area contributed by atoms with Crippen molar-refractivity contribution in [3.63, 3.8) is 0 Å². The minimum atomic E-state index is -0.701. The highest BCUT2D eigenvalue weighted by molar-refractivity contribution is 7.99. The Morgan fingerprint density at radius 3 is 3.00 bits per heavy atom. The number of aromatic nitrogens is 1. The first-order valence-corrected chi connectivity index (χ1v) is 5.17. The highest BCUT2D eigenvalue weighted by atomic mass is 32.2. The van der Waals surface area contributed by atoms with Gasteiger partial charge >= 0.3 is 0 Å². The SMILES string of the molecule is COc1cccc(SCC(O)CO)n1. The van der Waals surface area contributed by atoms with Crippen molar-refractivity contribution >= 4 is 11.8 Å². The lowest BCUT2D eigenvalue weighted by Crippen LogP contribution is -2.14. The van der Waals surface area contributed by atoms with Gasteiger partial charge < -0.3 is 14.9 Å². The Morgan fingerprint density at radius 2 is 2.36 bits per heavy atom. The van der Waals surface area contributed by atoms with Crippen molar-refractivity contribution in [1.82, 2.24) is 4.98 Å². The van der Waals surface area contributed by atoms with Crippen molar-refractivity contribution in [2.45, 2.75) is 11.1 Å². The zero-order valence-corrected chi connectivity index (χ0v) is 8.70. The van der Waals surface area contributed by atoms with Crippen molar-refractivity contribution in [3.8, 4) is 5.88 Å². The smallest absolute Gasteiger partial charge is 0.213 e. The molecule has 0 radical (unpaired) electrons. The zero-order chi connectivity index (χ0) is 10.4. The van der Waals surface area contributed by atoms with E-state index in [1.54, 1.807) is 13.2 Å². The van der Waals surface area contributed by atoms with Crippen LogP contribution in [0.15, 0.2) is 23.2 Å². The van der Waals surface area contributed by atoms with Gasteiger partial charge in [0.05, 0.1) is 19.8 Å². The number of ether oxygens (including phenoxy) is 1. The summed E-state index contributed by atoms with van der Waals surface area (Å²) in [6.45, 7) is -0.225. The Morgan fingerprint density at radius 1 is 1.57 bits per heavy atom. The van der Waals surface area contributed by atoms with Gasteiger partial charge in [0.2, 0.25) is 5.88 Å². The Kier molecular flexibility index (Phi) is 4.72. The van der Waals surface area contributed by atoms with Crippen molar-refractivity contribution < 1.29 is 14.9 Å². The lowest BCUT2D eigenvalue weighted by molar-refractivity contribution is 0.113. The zero-order valence-electron chi connectivity index (χ0n) is 7.88. The van der Waals surface area contributed by atoms with Crippen LogP contribution in [-0.4, -0.2) is 40.8 Å². The van der Waals surface area contributed by atoms with Crippen LogP contribution in [0.2, 0.25) is 0 Å². The standard InChI is InChI=1S/C9H13NO3S/c1-13-8-3-2-4-9(10-8)14-6-7(12)5-11/h2-4,7,11-12H,5-6H2,1H3. The van der Waals surface area contributed by atoms with Crippen molar-refractivity contribution in [2.24, 2.45) is 0 Å². The minimum Gasteiger partial charge on any atom is -0.481 e. The summed E-state index contributed by atoms with van der Waals surface area (Å²) in [5, 5.41) is 18.5. The van der Waals surface area contributed by atoms with E-state index in [9.17, 15) is 0 Å². The van der Waals surface area contributed by atoms with E-state index < -0.39 is 6.10 Å². The molecule has 1 unspecified atom stereocenters. The van der Waals surface area contributed by atoms with Crippen LogP contribution in [-0.2, 0) is 0 Å². The Bertz CT molecular complexity index is 283. The molecule has 14 heavy (non-hydrogen) atoms. The summed E-state index contributed by atoms with van der Waals surface area (Å²) >= 11 is 1.38. The maximum Gasteiger partial charge on any atom is 0.213 e. The Labute approximate surface area is 86.9 Å². The molecule has 0 fully saturated rings. The van der Waals surface area contributed by atoms with Gasteiger partial charge in [-0.25, -0.2) is 4.98 Å². The lowest BCUT2D eigenvalue weighted by Gasteiger charge is -2.06. The Hall–Kier alpha value is -0.780. The average Bonchev–Trinajstić information content (AvgIpc) is 2.26. The third kappa shape index (κ3) is 3.53. The van der Waals surface area contributed by atoms with E-state index >= 15 is 0 Å². The fourth-order valence-corrected chi connectivity index (χ4v) is 1.62. The molecule has 1 aromatic rings. The van der Waals surface area contributed by atoms with Crippen LogP contribution in [0.5, 0.6) is 5.88 Å². The maximum absolute atomic E-state index is 9.12. The average molecular weight is 215 g/mol. The molecule has 0 aromatic carbocycles. The number of aliphatic hydroxyl groups is 2. The summed E-state index contributed by atoms with van der Waals surface area (Å²) in [5.74, 6) is 0.977. The molecular formula is C9H13NO3S. The molecule has 5 heteroatoms. The lowest BCUT2D eigenvalue weighted by atomic mass is 10.4. The molecule has 0 saturated heterocycles. The third-order valence-electron chi connectivity index (χ3n) is 1.54. The van der Waals surface area contributed by atoms with Crippen LogP contribution in [0, 0.1) is 0 Å². The number of aliphatic hydroxyl groups excluding tert-OH is 2. The molecule has 0 bridgehead atoms. The maximum atomic E-state index is 9.12. The molecule has 2 N–H and O–H groups in total. The normalized spacial score (nSPS) is 12.5. The molecule has 0 amide bonds. The van der Waals surface area contributed by atoms with Gasteiger partial charge in [-0.15, -0.1) is 11.8 Å². The summed E-state index contributed by atoms with van der Waals surface area (Å²) in [5.41, 5.74) is 0. The molecule has 0 saturated carbocycles. The molecule has 78 valence electrons. The third-order valence-corrected chi connectivity index (χ3v) is 2.62. The molecule has 1 heterocycles. The van der Waals surface area contributed by atoms with Crippen molar-refractivity contribution in [2.75, 3.05) is 19.5 Å². The van der Waals surface area contributed by atoms with E-state index in [4.69, 9.17) is 14.9 Å². The van der Waals surface area contributed by atoms with Gasteiger partial charge in [-0.05, 0) is 6.07 Å². The van der Waals surface area contributed by atoms with Gasteiger partial charge in [0.25, 0.3) is 0 Å². The summed E-state index contributed by atoms with van der Waals surface area (Å²) < 4.78 is 4.95. The second-order valence-electron chi connectivity index (χ2n) is 2.67. The number of rotatable bonds is 5. The largest absolute Gasteiger partial charge is 0.481 e. The van der Waals surface area contributed by atoms with Crippen LogP contribution in [0.3, 0.4) is 0 Å². The second-order valence-corrected chi connectivity index (χ2v) is 3.71. The minimum absolute atomic E-state index is 0.225. The van der Waals surface area contributed by atoms with E-state index in [0.29, 0.717) is 11.6 Å². The van der Waals surface area contributed by atoms with Gasteiger partial charge in [0.15, 0.2) is 0 Å². The molecule has 0 aliphatic rings. The van der Waals surface area contributed by atoms with Crippen molar-refractivity contribution in [3.05, 3.63) is 18.2 Å². The van der Waals surface area contributed by atoms with Gasteiger partial charge in [0.1, 0.15) is 5.03 Å². The van der Waals surface area contributed by atoms with Crippen molar-refractivity contribution in [1.29, 1.82) is 0 Å². The number of nitrogens with zero attached hydrogens (tertiary/aromatic N) is 1. The van der Waals surface area contributed by atoms with E-state index in [-0.39, 0.29) is 6.61 Å². The van der Waals surface area contributed by atoms with Crippen LogP contribution in [0.4, 0.5) is 0 Å². The Balaban J connectivity index is 2.50. The first kappa shape index (κ1) is 11.3. The molecule has 1 aromatic heterocycles. The number of hydrogen-bond acceptors (Lipinski definition) is 5. The molecule has 1 rings (SSSR count). The quantitative estimate of drug-likeness (QED) is 0.702. The fourth-order valence-electron chi connectivity index (χ4n) is 0.824. The van der Waals surface area contributed by atoms with E-state index in [1.165, 1.54) is 11.8 Å². The van der Waals surface area contributed by atoms with Crippen LogP contribution in [0.1, 0.15) is 0 Å². The highest BCUT2D eigenvalue weighted by Crippen LogP contribution is 2.18. The van der Waals surface area contributed by atoms with E-state index in [0.717, 1.165) is 5.03 Å². The predicted octanol–water partition coefficient (Wildman–Crippen LogP) is 0.535. The van der Waals surface area contributed by atoms with Crippen LogP contribution in [0.25, 0.3) is 0 Å². The first-order chi connectivity index (χ1) is 6.76. The molecule has 1 atom stereocenters. The van der Waals surface area contributed by atoms with Gasteiger partial charge in [-0.1, -0.05) is 6.07 Å². The van der Waals surface area contributed by atoms with Gasteiger partial charge in [-0.2, -0.15) is 0 Å². The monoisotopic (exact) mass is 215 g/mol. The van der Waals surface area contributed by atoms with Crippen LogP contribution < -0.4 is 4.74 Å². The molecule has 0 spiro atoms. The summed E-state index contributed by atoms with van der Waals surface area (Å²) in [6.07, 6.45) is -0.701. The number of hydrogen-bond donors (Lipinski definition) is 2. The topological polar surface area (TPSA) is 62.6 Å².